The van der Waals surface area contributed by atoms with Gasteiger partial charge >= 0.3 is 12.1 Å². The Morgan fingerprint density at radius 1 is 1.09 bits per heavy atom. The number of carbonyl (C=O) groups is 3. The van der Waals surface area contributed by atoms with Crippen LogP contribution in [0.3, 0.4) is 0 Å². The van der Waals surface area contributed by atoms with Crippen molar-refractivity contribution in [1.29, 1.82) is 0 Å². The van der Waals surface area contributed by atoms with E-state index in [1.54, 1.807) is 0 Å². The predicted octanol–water partition coefficient (Wildman–Crippen LogP) is 3.52. The molecule has 2 amide bonds. The molecule has 0 radical (unpaired) electrons. The van der Waals surface area contributed by atoms with E-state index in [-0.39, 0.29) is 37.8 Å². The Hall–Kier alpha value is -3.39. The van der Waals surface area contributed by atoms with E-state index < -0.39 is 23.2 Å². The molecule has 2 aliphatic rings. The number of nitrogens with one attached hydrogen (secondary N) is 1. The molecule has 1 saturated heterocycles. The van der Waals surface area contributed by atoms with Gasteiger partial charge in [0.2, 0.25) is 5.91 Å². The molecule has 2 aromatic rings. The number of hydrogen-bond donors (Lipinski definition) is 3. The predicted molar refractivity (Wildman–Crippen MR) is 130 cm³/mol. The fourth-order valence-electron chi connectivity index (χ4n) is 4.97. The fourth-order valence-corrected chi connectivity index (χ4v) is 4.97. The van der Waals surface area contributed by atoms with Crippen LogP contribution in [0.15, 0.2) is 48.5 Å². The molecule has 35 heavy (non-hydrogen) atoms. The van der Waals surface area contributed by atoms with Crippen molar-refractivity contribution in [3.63, 3.8) is 0 Å². The monoisotopic (exact) mass is 480 g/mol. The number of carboxylic acid groups (broad SMARTS) is 1. The lowest BCUT2D eigenvalue weighted by Gasteiger charge is -2.37. The van der Waals surface area contributed by atoms with E-state index in [4.69, 9.17) is 4.74 Å². The molecular weight excluding hydrogens is 448 g/mol. The smallest absolute Gasteiger partial charge is 0.407 e. The summed E-state index contributed by atoms with van der Waals surface area (Å²) in [6.45, 7) is 4.02. The van der Waals surface area contributed by atoms with Crippen molar-refractivity contribution in [2.45, 2.75) is 56.6 Å². The molecule has 2 aromatic carbocycles. The second kappa shape index (κ2) is 9.70. The van der Waals surface area contributed by atoms with Crippen molar-refractivity contribution in [3.8, 4) is 11.1 Å². The molecule has 0 bridgehead atoms. The maximum absolute atomic E-state index is 12.7. The number of hydrogen-bond acceptors (Lipinski definition) is 5. The van der Waals surface area contributed by atoms with Crippen molar-refractivity contribution < 1.29 is 29.3 Å². The van der Waals surface area contributed by atoms with Gasteiger partial charge in [0.1, 0.15) is 6.61 Å². The first-order valence-corrected chi connectivity index (χ1v) is 12.0. The molecule has 1 aliphatic carbocycles. The zero-order valence-corrected chi connectivity index (χ0v) is 20.1. The van der Waals surface area contributed by atoms with Crippen molar-refractivity contribution in [3.05, 3.63) is 59.7 Å². The van der Waals surface area contributed by atoms with Crippen LogP contribution in [-0.2, 0) is 14.3 Å². The zero-order chi connectivity index (χ0) is 25.2. The summed E-state index contributed by atoms with van der Waals surface area (Å²) in [4.78, 5) is 38.0. The molecule has 0 saturated carbocycles. The number of benzene rings is 2. The second-order valence-electron chi connectivity index (χ2n) is 10.1. The van der Waals surface area contributed by atoms with E-state index in [1.807, 2.05) is 38.1 Å². The van der Waals surface area contributed by atoms with Crippen molar-refractivity contribution in [2.24, 2.45) is 0 Å². The number of carbonyl (C=O) groups excluding carboxylic acids is 2. The number of likely N-dealkylation sites (tertiary alicyclic amines) is 1. The Morgan fingerprint density at radius 3 is 2.29 bits per heavy atom. The minimum atomic E-state index is -1.90. The minimum absolute atomic E-state index is 0.0371. The highest BCUT2D eigenvalue weighted by atomic mass is 16.5. The molecule has 4 rings (SSSR count). The SMILES string of the molecule is CC(C)(CCC(=O)N1CCCC(O)(C(=O)O)C1)NC(=O)OCC1c2ccccc2-c2ccccc21. The average molecular weight is 481 g/mol. The Kier molecular flexibility index (Phi) is 6.85. The zero-order valence-electron chi connectivity index (χ0n) is 20.1. The first kappa shape index (κ1) is 24.7. The van der Waals surface area contributed by atoms with Gasteiger partial charge in [0.15, 0.2) is 5.60 Å². The topological polar surface area (TPSA) is 116 Å². The Morgan fingerprint density at radius 2 is 1.69 bits per heavy atom. The lowest BCUT2D eigenvalue weighted by molar-refractivity contribution is -0.166. The van der Waals surface area contributed by atoms with Gasteiger partial charge in [-0.25, -0.2) is 9.59 Å². The number of alkyl carbamates (subject to hydrolysis) is 1. The number of piperidine rings is 1. The van der Waals surface area contributed by atoms with E-state index in [9.17, 15) is 24.6 Å². The molecule has 186 valence electrons. The first-order valence-electron chi connectivity index (χ1n) is 12.0. The third-order valence-corrected chi connectivity index (χ3v) is 6.97. The van der Waals surface area contributed by atoms with Gasteiger partial charge in [0, 0.05) is 24.4 Å². The minimum Gasteiger partial charge on any atom is -0.479 e. The van der Waals surface area contributed by atoms with E-state index in [0.29, 0.717) is 19.4 Å². The maximum Gasteiger partial charge on any atom is 0.407 e. The summed E-state index contributed by atoms with van der Waals surface area (Å²) in [6.07, 6.45) is 0.462. The number of ether oxygens (including phenoxy) is 1. The largest absolute Gasteiger partial charge is 0.479 e. The van der Waals surface area contributed by atoms with Crippen LogP contribution in [-0.4, -0.2) is 63.9 Å². The van der Waals surface area contributed by atoms with Crippen LogP contribution in [0.4, 0.5) is 4.79 Å². The molecule has 8 heteroatoms. The van der Waals surface area contributed by atoms with Crippen LogP contribution in [0.2, 0.25) is 0 Å². The highest BCUT2D eigenvalue weighted by Gasteiger charge is 2.42. The van der Waals surface area contributed by atoms with Crippen LogP contribution in [0.25, 0.3) is 11.1 Å². The second-order valence-corrected chi connectivity index (χ2v) is 10.1. The van der Waals surface area contributed by atoms with E-state index in [0.717, 1.165) is 22.3 Å². The van der Waals surface area contributed by atoms with Crippen LogP contribution >= 0.6 is 0 Å². The molecular formula is C27H32N2O6. The van der Waals surface area contributed by atoms with Gasteiger partial charge in [-0.1, -0.05) is 48.5 Å². The standard InChI is InChI=1S/C27H32N2O6/c1-26(2,14-12-23(30)29-15-7-13-27(34,17-29)24(31)32)28-25(33)35-16-22-20-10-5-3-8-18(20)19-9-4-6-11-21(19)22/h3-6,8-11,22,34H,7,12-17H2,1-2H3,(H,28,33)(H,31,32). The molecule has 1 unspecified atom stereocenters. The number of fused-ring (bicyclic) bond motifs is 3. The quantitative estimate of drug-likeness (QED) is 0.558. The summed E-state index contributed by atoms with van der Waals surface area (Å²) in [5, 5.41) is 22.3. The molecule has 3 N–H and O–H groups in total. The van der Waals surface area contributed by atoms with E-state index in [1.165, 1.54) is 4.90 Å². The molecule has 8 nitrogen and oxygen atoms in total. The van der Waals surface area contributed by atoms with Crippen molar-refractivity contribution >= 4 is 18.0 Å². The van der Waals surface area contributed by atoms with Crippen LogP contribution in [0.1, 0.15) is 56.6 Å². The highest BCUT2D eigenvalue weighted by molar-refractivity contribution is 5.81. The van der Waals surface area contributed by atoms with Crippen LogP contribution < -0.4 is 5.32 Å². The average Bonchev–Trinajstić information content (AvgIpc) is 3.15. The third-order valence-electron chi connectivity index (χ3n) is 6.97. The van der Waals surface area contributed by atoms with Gasteiger partial charge in [-0.2, -0.15) is 0 Å². The summed E-state index contributed by atoms with van der Waals surface area (Å²) in [7, 11) is 0. The van der Waals surface area contributed by atoms with Crippen molar-refractivity contribution in [1.82, 2.24) is 10.2 Å². The van der Waals surface area contributed by atoms with Gasteiger partial charge in [-0.05, 0) is 55.4 Å². The summed E-state index contributed by atoms with van der Waals surface area (Å²) in [5.41, 5.74) is 1.97. The number of β-amino-alcohol motifs (C(OH)–C–C–N with tert-alkyl or cyclic N) is 1. The highest BCUT2D eigenvalue weighted by Crippen LogP contribution is 2.44. The van der Waals surface area contributed by atoms with Crippen LogP contribution in [0.5, 0.6) is 0 Å². The summed E-state index contributed by atoms with van der Waals surface area (Å²) >= 11 is 0. The van der Waals surface area contributed by atoms with Crippen molar-refractivity contribution in [2.75, 3.05) is 19.7 Å². The molecule has 1 heterocycles. The third kappa shape index (κ3) is 5.32. The van der Waals surface area contributed by atoms with Gasteiger partial charge in [-0.3, -0.25) is 4.79 Å². The number of amides is 2. The molecule has 0 spiro atoms. The summed E-state index contributed by atoms with van der Waals surface area (Å²) in [6, 6.07) is 16.2. The number of nitrogens with zero attached hydrogens (tertiary/aromatic N) is 1. The summed E-state index contributed by atoms with van der Waals surface area (Å²) < 4.78 is 5.61. The molecule has 1 atom stereocenters. The normalized spacial score (nSPS) is 19.6. The molecule has 1 aliphatic heterocycles. The van der Waals surface area contributed by atoms with Gasteiger partial charge < -0.3 is 25.2 Å². The van der Waals surface area contributed by atoms with E-state index >= 15 is 0 Å². The lowest BCUT2D eigenvalue weighted by Crippen LogP contribution is -2.55. The van der Waals surface area contributed by atoms with Gasteiger partial charge in [0.25, 0.3) is 0 Å². The first-order chi connectivity index (χ1) is 16.6. The number of aliphatic carboxylic acids is 1. The fraction of sp³-hybridized carbons (Fsp3) is 0.444. The number of aliphatic hydroxyl groups is 1. The van der Waals surface area contributed by atoms with Gasteiger partial charge in [-0.15, -0.1) is 0 Å². The number of rotatable bonds is 7. The Bertz CT molecular complexity index is 1080. The molecule has 0 aromatic heterocycles. The Labute approximate surface area is 204 Å². The molecule has 1 fully saturated rings. The van der Waals surface area contributed by atoms with E-state index in [2.05, 4.69) is 29.6 Å². The lowest BCUT2D eigenvalue weighted by atomic mass is 9.92. The number of carboxylic acids is 1. The Balaban J connectivity index is 1.30. The van der Waals surface area contributed by atoms with Crippen LogP contribution in [0, 0.1) is 0 Å². The van der Waals surface area contributed by atoms with Gasteiger partial charge in [0.05, 0.1) is 6.54 Å². The maximum atomic E-state index is 12.7. The summed E-state index contributed by atoms with van der Waals surface area (Å²) in [5.74, 6) is -1.59.